The van der Waals surface area contributed by atoms with Gasteiger partial charge in [0.05, 0.1) is 30.0 Å². The molecule has 0 aliphatic rings. The van der Waals surface area contributed by atoms with Crippen molar-refractivity contribution in [3.05, 3.63) is 42.5 Å². The maximum Gasteiger partial charge on any atom is 0.306 e. The Morgan fingerprint density at radius 1 is 1.14 bits per heavy atom. The summed E-state index contributed by atoms with van der Waals surface area (Å²) >= 11 is 0. The Balaban J connectivity index is 2.06. The van der Waals surface area contributed by atoms with Crippen LogP contribution in [0.4, 0.5) is 0 Å². The molecule has 0 saturated carbocycles. The van der Waals surface area contributed by atoms with Crippen molar-refractivity contribution in [2.24, 2.45) is 0 Å². The highest BCUT2D eigenvalue weighted by Crippen LogP contribution is 2.33. The number of aromatic amines is 1. The van der Waals surface area contributed by atoms with Crippen LogP contribution in [0.25, 0.3) is 22.4 Å². The number of nitrogens with zero attached hydrogens (tertiary/aromatic N) is 1. The molecule has 2 aromatic carbocycles. The third kappa shape index (κ3) is 2.89. The molecule has 1 aromatic heterocycles. The first-order chi connectivity index (χ1) is 10.5. The summed E-state index contributed by atoms with van der Waals surface area (Å²) in [6, 6.07) is 12.5. The Kier molecular flexibility index (Phi) is 3.50. The minimum Gasteiger partial charge on any atom is -0.496 e. The van der Waals surface area contributed by atoms with Crippen molar-refractivity contribution in [3.63, 3.8) is 0 Å². The number of nitrogens with one attached hydrogen (secondary N) is 1. The Bertz CT molecular complexity index is 899. The number of ether oxygens (including phenoxy) is 1. The molecule has 0 bridgehead atoms. The molecular formula is C15H14N2O4S. The van der Waals surface area contributed by atoms with Gasteiger partial charge >= 0.3 is 10.1 Å². The lowest BCUT2D eigenvalue weighted by molar-refractivity contribution is 0.413. The van der Waals surface area contributed by atoms with E-state index in [1.54, 1.807) is 12.1 Å². The summed E-state index contributed by atoms with van der Waals surface area (Å²) in [4.78, 5) is 7.71. The number of methoxy groups -OCH3 is 1. The molecule has 114 valence electrons. The van der Waals surface area contributed by atoms with E-state index in [-0.39, 0.29) is 5.75 Å². The topological polar surface area (TPSA) is 81.3 Å². The van der Waals surface area contributed by atoms with Gasteiger partial charge in [0.1, 0.15) is 17.3 Å². The second-order valence-electron chi connectivity index (χ2n) is 4.75. The van der Waals surface area contributed by atoms with E-state index < -0.39 is 10.1 Å². The van der Waals surface area contributed by atoms with E-state index in [0.29, 0.717) is 11.6 Å². The minimum atomic E-state index is -3.58. The van der Waals surface area contributed by atoms with E-state index >= 15 is 0 Å². The fraction of sp³-hybridized carbons (Fsp3) is 0.133. The fourth-order valence-corrected chi connectivity index (χ4v) is 2.63. The molecule has 0 aliphatic carbocycles. The molecule has 6 nitrogen and oxygen atoms in total. The number of imidazole rings is 1. The Morgan fingerprint density at radius 3 is 2.59 bits per heavy atom. The van der Waals surface area contributed by atoms with Crippen LogP contribution in [0.1, 0.15) is 0 Å². The molecule has 7 heteroatoms. The summed E-state index contributed by atoms with van der Waals surface area (Å²) in [5.41, 5.74) is 2.48. The van der Waals surface area contributed by atoms with Crippen LogP contribution in [0.5, 0.6) is 11.5 Å². The van der Waals surface area contributed by atoms with Gasteiger partial charge in [0.15, 0.2) is 0 Å². The number of para-hydroxylation sites is 2. The average Bonchev–Trinajstić information content (AvgIpc) is 2.89. The second kappa shape index (κ2) is 5.34. The van der Waals surface area contributed by atoms with E-state index in [1.165, 1.54) is 13.2 Å². The predicted molar refractivity (Wildman–Crippen MR) is 83.6 cm³/mol. The van der Waals surface area contributed by atoms with Gasteiger partial charge < -0.3 is 13.9 Å². The SMILES string of the molecule is COc1cc(OS(C)(=O)=O)ccc1-c1nc2ccccc2[nH]1. The summed E-state index contributed by atoms with van der Waals surface area (Å²) in [6.45, 7) is 0. The lowest BCUT2D eigenvalue weighted by Gasteiger charge is -2.09. The Morgan fingerprint density at radius 2 is 1.91 bits per heavy atom. The third-order valence-corrected chi connectivity index (χ3v) is 3.56. The van der Waals surface area contributed by atoms with Crippen LogP contribution in [0, 0.1) is 0 Å². The van der Waals surface area contributed by atoms with Crippen molar-refractivity contribution in [2.45, 2.75) is 0 Å². The molecule has 0 saturated heterocycles. The minimum absolute atomic E-state index is 0.194. The highest BCUT2D eigenvalue weighted by Gasteiger charge is 2.13. The molecule has 0 fully saturated rings. The monoisotopic (exact) mass is 318 g/mol. The summed E-state index contributed by atoms with van der Waals surface area (Å²) in [6.07, 6.45) is 0.993. The van der Waals surface area contributed by atoms with Crippen molar-refractivity contribution < 1.29 is 17.3 Å². The number of H-pyrrole nitrogens is 1. The molecule has 0 aliphatic heterocycles. The van der Waals surface area contributed by atoms with Crippen LogP contribution in [0.15, 0.2) is 42.5 Å². The van der Waals surface area contributed by atoms with Gasteiger partial charge in [-0.25, -0.2) is 4.98 Å². The Labute approximate surface area is 127 Å². The van der Waals surface area contributed by atoms with Crippen LogP contribution in [0.2, 0.25) is 0 Å². The number of fused-ring (bicyclic) bond motifs is 1. The summed E-state index contributed by atoms with van der Waals surface area (Å²) in [5, 5.41) is 0. The van der Waals surface area contributed by atoms with Crippen molar-refractivity contribution in [2.75, 3.05) is 13.4 Å². The molecule has 0 atom stereocenters. The first-order valence-corrected chi connectivity index (χ1v) is 8.30. The van der Waals surface area contributed by atoms with Gasteiger partial charge in [-0.1, -0.05) is 12.1 Å². The number of rotatable bonds is 4. The zero-order chi connectivity index (χ0) is 15.7. The molecule has 22 heavy (non-hydrogen) atoms. The van der Waals surface area contributed by atoms with E-state index in [2.05, 4.69) is 9.97 Å². The fourth-order valence-electron chi connectivity index (χ4n) is 2.17. The molecule has 1 N–H and O–H groups in total. The molecule has 3 rings (SSSR count). The Hall–Kier alpha value is -2.54. The lowest BCUT2D eigenvalue weighted by Crippen LogP contribution is -2.05. The first-order valence-electron chi connectivity index (χ1n) is 6.49. The number of hydrogen-bond donors (Lipinski definition) is 1. The van der Waals surface area contributed by atoms with E-state index in [9.17, 15) is 8.42 Å². The zero-order valence-corrected chi connectivity index (χ0v) is 12.8. The number of aromatic nitrogens is 2. The van der Waals surface area contributed by atoms with Crippen molar-refractivity contribution >= 4 is 21.2 Å². The van der Waals surface area contributed by atoms with Gasteiger partial charge in [-0.3, -0.25) is 0 Å². The normalized spacial score (nSPS) is 11.5. The summed E-state index contributed by atoms with van der Waals surface area (Å²) in [5.74, 6) is 1.31. The van der Waals surface area contributed by atoms with Gasteiger partial charge in [-0.15, -0.1) is 0 Å². The van der Waals surface area contributed by atoms with E-state index in [1.807, 2.05) is 24.3 Å². The van der Waals surface area contributed by atoms with Crippen molar-refractivity contribution in [3.8, 4) is 22.9 Å². The molecular weight excluding hydrogens is 304 g/mol. The summed E-state index contributed by atoms with van der Waals surface area (Å²) < 4.78 is 32.6. The number of benzene rings is 2. The first kappa shape index (κ1) is 14.4. The zero-order valence-electron chi connectivity index (χ0n) is 12.0. The van der Waals surface area contributed by atoms with Crippen LogP contribution < -0.4 is 8.92 Å². The third-order valence-electron chi connectivity index (χ3n) is 3.07. The molecule has 0 unspecified atom stereocenters. The van der Waals surface area contributed by atoms with Crippen molar-refractivity contribution in [1.82, 2.24) is 9.97 Å². The highest BCUT2D eigenvalue weighted by molar-refractivity contribution is 7.86. The second-order valence-corrected chi connectivity index (χ2v) is 6.33. The summed E-state index contributed by atoms with van der Waals surface area (Å²) in [7, 11) is -2.07. The van der Waals surface area contributed by atoms with Gasteiger partial charge in [-0.05, 0) is 24.3 Å². The quantitative estimate of drug-likeness (QED) is 0.748. The predicted octanol–water partition coefficient (Wildman–Crippen LogP) is 2.58. The molecule has 0 radical (unpaired) electrons. The van der Waals surface area contributed by atoms with Crippen molar-refractivity contribution in [1.29, 1.82) is 0 Å². The van der Waals surface area contributed by atoms with Crippen LogP contribution in [-0.2, 0) is 10.1 Å². The number of hydrogen-bond acceptors (Lipinski definition) is 5. The van der Waals surface area contributed by atoms with Crippen LogP contribution in [0.3, 0.4) is 0 Å². The van der Waals surface area contributed by atoms with Crippen LogP contribution in [-0.4, -0.2) is 31.8 Å². The smallest absolute Gasteiger partial charge is 0.306 e. The maximum atomic E-state index is 11.2. The van der Waals surface area contributed by atoms with Gasteiger partial charge in [0.2, 0.25) is 0 Å². The molecule has 0 amide bonds. The highest BCUT2D eigenvalue weighted by atomic mass is 32.2. The lowest BCUT2D eigenvalue weighted by atomic mass is 10.2. The van der Waals surface area contributed by atoms with E-state index in [4.69, 9.17) is 8.92 Å². The average molecular weight is 318 g/mol. The van der Waals surface area contributed by atoms with Gasteiger partial charge in [0, 0.05) is 6.07 Å². The van der Waals surface area contributed by atoms with Crippen LogP contribution >= 0.6 is 0 Å². The van der Waals surface area contributed by atoms with Gasteiger partial charge in [0.25, 0.3) is 0 Å². The maximum absolute atomic E-state index is 11.2. The van der Waals surface area contributed by atoms with E-state index in [0.717, 1.165) is 22.9 Å². The van der Waals surface area contributed by atoms with Gasteiger partial charge in [-0.2, -0.15) is 8.42 Å². The standard InChI is InChI=1S/C15H14N2O4S/c1-20-14-9-10(21-22(2,18)19)7-8-11(14)15-16-12-5-3-4-6-13(12)17-15/h3-9H,1-2H3,(H,16,17). The largest absolute Gasteiger partial charge is 0.496 e. The molecule has 0 spiro atoms. The molecule has 3 aromatic rings. The molecule has 1 heterocycles.